The maximum atomic E-state index is 12.5. The molecule has 0 spiro atoms. The first kappa shape index (κ1) is 14.9. The van der Waals surface area contributed by atoms with Crippen molar-refractivity contribution < 1.29 is 35.8 Å². The molecule has 1 N–H and O–H groups in total. The van der Waals surface area contributed by atoms with E-state index in [1.807, 2.05) is 0 Å². The molecule has 9 heteroatoms. The van der Waals surface area contributed by atoms with Gasteiger partial charge in [0.2, 0.25) is 0 Å². The van der Waals surface area contributed by atoms with E-state index in [1.165, 1.54) is 0 Å². The fraction of sp³-hybridized carbons (Fsp3) is 0.667. The molecule has 90 valence electrons. The van der Waals surface area contributed by atoms with Gasteiger partial charge in [0.15, 0.2) is 0 Å². The summed E-state index contributed by atoms with van der Waals surface area (Å²) in [6.07, 6.45) is -6.96. The highest BCUT2D eigenvalue weighted by atomic mass is 127. The normalized spacial score (nSPS) is 15.7. The SMILES string of the molecule is OCC(I)=CC(F)(F)C(F)(F)C(F)(F)F. The molecule has 0 unspecified atom stereocenters. The van der Waals surface area contributed by atoms with Crippen molar-refractivity contribution in [3.63, 3.8) is 0 Å². The van der Waals surface area contributed by atoms with E-state index < -0.39 is 34.3 Å². The molecule has 0 rings (SSSR count). The molecule has 1 nitrogen and oxygen atoms in total. The summed E-state index contributed by atoms with van der Waals surface area (Å²) in [7, 11) is 0. The van der Waals surface area contributed by atoms with Gasteiger partial charge in [0.1, 0.15) is 0 Å². The summed E-state index contributed by atoms with van der Waals surface area (Å²) < 4.78 is 83.3. The lowest BCUT2D eigenvalue weighted by molar-refractivity contribution is -0.341. The van der Waals surface area contributed by atoms with Crippen molar-refractivity contribution in [2.75, 3.05) is 6.61 Å². The Morgan fingerprint density at radius 3 is 1.73 bits per heavy atom. The molecule has 0 aliphatic rings. The largest absolute Gasteiger partial charge is 0.460 e. The van der Waals surface area contributed by atoms with E-state index in [4.69, 9.17) is 5.11 Å². The number of aliphatic hydroxyl groups excluding tert-OH is 1. The predicted octanol–water partition coefficient (Wildman–Crippen LogP) is 3.13. The van der Waals surface area contributed by atoms with Gasteiger partial charge in [-0.05, 0) is 22.6 Å². The number of hydrogen-bond acceptors (Lipinski definition) is 1. The molecule has 0 aromatic rings. The number of allylic oxidation sites excluding steroid dienone is 1. The van der Waals surface area contributed by atoms with Crippen LogP contribution in [-0.4, -0.2) is 29.7 Å². The van der Waals surface area contributed by atoms with Gasteiger partial charge in [-0.1, -0.05) is 0 Å². The summed E-state index contributed by atoms with van der Waals surface area (Å²) in [6.45, 7) is -1.04. The van der Waals surface area contributed by atoms with Crippen LogP contribution in [-0.2, 0) is 0 Å². The molecule has 0 atom stereocenters. The second kappa shape index (κ2) is 4.44. The summed E-state index contributed by atoms with van der Waals surface area (Å²) in [6, 6.07) is 0. The van der Waals surface area contributed by atoms with E-state index in [0.29, 0.717) is 0 Å². The predicted molar refractivity (Wildman–Crippen MR) is 45.1 cm³/mol. The van der Waals surface area contributed by atoms with Gasteiger partial charge in [-0.15, -0.1) is 0 Å². The Hall–Kier alpha value is -0.0600. The van der Waals surface area contributed by atoms with Crippen molar-refractivity contribution in [3.05, 3.63) is 9.66 Å². The monoisotopic (exact) mass is 352 g/mol. The van der Waals surface area contributed by atoms with Crippen LogP contribution in [0.1, 0.15) is 0 Å². The van der Waals surface area contributed by atoms with Crippen LogP contribution in [0.4, 0.5) is 30.7 Å². The molecule has 0 aromatic heterocycles. The summed E-state index contributed by atoms with van der Waals surface area (Å²) in [5.74, 6) is -11.5. The van der Waals surface area contributed by atoms with Crippen LogP contribution in [0.25, 0.3) is 0 Å². The van der Waals surface area contributed by atoms with Crippen LogP contribution in [0, 0.1) is 0 Å². The van der Waals surface area contributed by atoms with E-state index >= 15 is 0 Å². The first-order valence-corrected chi connectivity index (χ1v) is 4.34. The van der Waals surface area contributed by atoms with Crippen LogP contribution in [0.2, 0.25) is 0 Å². The van der Waals surface area contributed by atoms with Crippen molar-refractivity contribution in [1.29, 1.82) is 0 Å². The van der Waals surface area contributed by atoms with Crippen LogP contribution < -0.4 is 0 Å². The zero-order valence-corrected chi connectivity index (χ0v) is 8.91. The van der Waals surface area contributed by atoms with E-state index in [0.717, 1.165) is 22.6 Å². The van der Waals surface area contributed by atoms with Crippen molar-refractivity contribution in [2.24, 2.45) is 0 Å². The lowest BCUT2D eigenvalue weighted by Gasteiger charge is -2.26. The van der Waals surface area contributed by atoms with E-state index in [-0.39, 0.29) is 0 Å². The topological polar surface area (TPSA) is 20.2 Å². The van der Waals surface area contributed by atoms with Crippen molar-refractivity contribution in [2.45, 2.75) is 18.0 Å². The molecule has 15 heavy (non-hydrogen) atoms. The summed E-state index contributed by atoms with van der Waals surface area (Å²) in [4.78, 5) is 0. The average molecular weight is 352 g/mol. The Labute approximate surface area is 93.1 Å². The average Bonchev–Trinajstić information content (AvgIpc) is 2.00. The van der Waals surface area contributed by atoms with Crippen LogP contribution in [0.3, 0.4) is 0 Å². The highest BCUT2D eigenvalue weighted by Gasteiger charge is 2.72. The second-order valence-corrected chi connectivity index (χ2v) is 3.83. The molecule has 0 heterocycles. The minimum Gasteiger partial charge on any atom is -0.391 e. The van der Waals surface area contributed by atoms with Gasteiger partial charge in [0.05, 0.1) is 6.61 Å². The highest BCUT2D eigenvalue weighted by molar-refractivity contribution is 14.1. The number of alkyl halides is 7. The zero-order valence-electron chi connectivity index (χ0n) is 6.76. The van der Waals surface area contributed by atoms with Gasteiger partial charge in [-0.25, -0.2) is 0 Å². The Morgan fingerprint density at radius 2 is 1.47 bits per heavy atom. The summed E-state index contributed by atoms with van der Waals surface area (Å²) >= 11 is 1.03. The van der Waals surface area contributed by atoms with E-state index in [2.05, 4.69) is 0 Å². The minimum absolute atomic E-state index is 0.610. The number of hydrogen-bond donors (Lipinski definition) is 1. The smallest absolute Gasteiger partial charge is 0.391 e. The Balaban J connectivity index is 5.20. The molecule has 0 aliphatic carbocycles. The lowest BCUT2D eigenvalue weighted by Crippen LogP contribution is -2.50. The maximum absolute atomic E-state index is 12.5. The van der Waals surface area contributed by atoms with Crippen molar-refractivity contribution in [3.8, 4) is 0 Å². The fourth-order valence-corrected chi connectivity index (χ4v) is 0.913. The van der Waals surface area contributed by atoms with Gasteiger partial charge in [0, 0.05) is 9.66 Å². The molecular formula is C6H4F7IO. The number of halogens is 8. The van der Waals surface area contributed by atoms with Gasteiger partial charge >= 0.3 is 18.0 Å². The highest BCUT2D eigenvalue weighted by Crippen LogP contribution is 2.47. The number of rotatable bonds is 3. The maximum Gasteiger partial charge on any atom is 0.460 e. The molecule has 0 radical (unpaired) electrons. The Bertz CT molecular complexity index is 257. The van der Waals surface area contributed by atoms with Crippen LogP contribution >= 0.6 is 22.6 Å². The van der Waals surface area contributed by atoms with Crippen molar-refractivity contribution >= 4 is 22.6 Å². The Morgan fingerprint density at radius 1 is 1.07 bits per heavy atom. The lowest BCUT2D eigenvalue weighted by atomic mass is 10.1. The standard InChI is InChI=1S/C6H4F7IO/c7-4(8,1-3(14)2-15)5(9,10)6(11,12)13/h1,15H,2H2. The molecule has 0 aromatic carbocycles. The first-order valence-electron chi connectivity index (χ1n) is 3.26. The molecule has 0 saturated carbocycles. The van der Waals surface area contributed by atoms with Gasteiger partial charge < -0.3 is 5.11 Å². The minimum atomic E-state index is -6.35. The van der Waals surface area contributed by atoms with Gasteiger partial charge in [-0.3, -0.25) is 0 Å². The Kier molecular flexibility index (Phi) is 4.42. The third-order valence-electron chi connectivity index (χ3n) is 1.26. The van der Waals surface area contributed by atoms with Crippen molar-refractivity contribution in [1.82, 2.24) is 0 Å². The fourth-order valence-electron chi connectivity index (χ4n) is 0.522. The molecule has 0 fully saturated rings. The molecule has 0 saturated heterocycles. The molecular weight excluding hydrogens is 348 g/mol. The molecule has 0 bridgehead atoms. The summed E-state index contributed by atoms with van der Waals surface area (Å²) in [5, 5.41) is 8.23. The first-order chi connectivity index (χ1) is 6.45. The summed E-state index contributed by atoms with van der Waals surface area (Å²) in [5.41, 5.74) is 0. The van der Waals surface area contributed by atoms with Gasteiger partial charge in [-0.2, -0.15) is 30.7 Å². The van der Waals surface area contributed by atoms with Gasteiger partial charge in [0.25, 0.3) is 0 Å². The quantitative estimate of drug-likeness (QED) is 0.611. The van der Waals surface area contributed by atoms with E-state index in [9.17, 15) is 30.7 Å². The van der Waals surface area contributed by atoms with Crippen LogP contribution in [0.15, 0.2) is 9.66 Å². The second-order valence-electron chi connectivity index (χ2n) is 2.44. The third kappa shape index (κ3) is 3.20. The third-order valence-corrected chi connectivity index (χ3v) is 1.92. The number of aliphatic hydroxyl groups is 1. The molecule has 0 amide bonds. The molecule has 0 aliphatic heterocycles. The van der Waals surface area contributed by atoms with E-state index in [1.54, 1.807) is 0 Å². The zero-order chi connectivity index (χ0) is 12.5. The van der Waals surface area contributed by atoms with Crippen LogP contribution in [0.5, 0.6) is 0 Å².